The number of nitrogens with one attached hydrogen (secondary N) is 1. The van der Waals surface area contributed by atoms with Gasteiger partial charge >= 0.3 is 6.18 Å². The molecule has 1 aliphatic rings. The lowest BCUT2D eigenvalue weighted by Gasteiger charge is -2.33. The summed E-state index contributed by atoms with van der Waals surface area (Å²) in [7, 11) is 0. The average Bonchev–Trinajstić information content (AvgIpc) is 2.72. The van der Waals surface area contributed by atoms with E-state index in [1.807, 2.05) is 4.90 Å². The van der Waals surface area contributed by atoms with Gasteiger partial charge in [-0.2, -0.15) is 13.2 Å². The topological polar surface area (TPSA) is 45.2 Å². The second-order valence-corrected chi connectivity index (χ2v) is 8.13. The maximum absolute atomic E-state index is 12.7. The number of anilines is 1. The van der Waals surface area contributed by atoms with Gasteiger partial charge in [0, 0.05) is 31.7 Å². The minimum atomic E-state index is -4.38. The van der Waals surface area contributed by atoms with E-state index in [9.17, 15) is 18.0 Å². The summed E-state index contributed by atoms with van der Waals surface area (Å²) in [6.07, 6.45) is -0.856. The van der Waals surface area contributed by atoms with Crippen LogP contribution in [0.15, 0.2) is 42.6 Å². The van der Waals surface area contributed by atoms with Crippen LogP contribution in [0, 0.1) is 0 Å². The highest BCUT2D eigenvalue weighted by Crippen LogP contribution is 2.29. The van der Waals surface area contributed by atoms with Gasteiger partial charge in [-0.25, -0.2) is 4.98 Å². The molecule has 2 aromatic rings. The van der Waals surface area contributed by atoms with Crippen LogP contribution >= 0.6 is 0 Å². The SMILES string of the molecule is CC(C)c1ccc(CCC(=O)NC2CCN(c3ccc(C(F)(F)F)cn3)CC2)cc1. The van der Waals surface area contributed by atoms with E-state index in [0.717, 1.165) is 30.7 Å². The third-order valence-corrected chi connectivity index (χ3v) is 5.55. The van der Waals surface area contributed by atoms with Crippen molar-refractivity contribution in [2.24, 2.45) is 0 Å². The summed E-state index contributed by atoms with van der Waals surface area (Å²) in [5.74, 6) is 1.07. The van der Waals surface area contributed by atoms with Gasteiger partial charge < -0.3 is 10.2 Å². The first-order chi connectivity index (χ1) is 14.2. The summed E-state index contributed by atoms with van der Waals surface area (Å²) in [5.41, 5.74) is 1.70. The number of amides is 1. The third kappa shape index (κ3) is 5.97. The molecule has 0 atom stereocenters. The van der Waals surface area contributed by atoms with E-state index in [1.54, 1.807) is 0 Å². The van der Waals surface area contributed by atoms with Crippen LogP contribution in [0.4, 0.5) is 19.0 Å². The monoisotopic (exact) mass is 419 g/mol. The molecule has 1 fully saturated rings. The second-order valence-electron chi connectivity index (χ2n) is 8.13. The fourth-order valence-corrected chi connectivity index (χ4v) is 3.62. The van der Waals surface area contributed by atoms with Crippen molar-refractivity contribution in [2.75, 3.05) is 18.0 Å². The number of aryl methyl sites for hydroxylation is 1. The van der Waals surface area contributed by atoms with Crippen LogP contribution in [-0.4, -0.2) is 30.0 Å². The molecule has 1 aromatic carbocycles. The molecule has 30 heavy (non-hydrogen) atoms. The van der Waals surface area contributed by atoms with Crippen LogP contribution in [0.2, 0.25) is 0 Å². The molecule has 4 nitrogen and oxygen atoms in total. The lowest BCUT2D eigenvalue weighted by atomic mass is 10.00. The van der Waals surface area contributed by atoms with Gasteiger partial charge in [0.25, 0.3) is 0 Å². The van der Waals surface area contributed by atoms with Crippen LogP contribution < -0.4 is 10.2 Å². The molecule has 1 N–H and O–H groups in total. The normalized spacial score (nSPS) is 15.5. The Morgan fingerprint density at radius 2 is 1.80 bits per heavy atom. The van der Waals surface area contributed by atoms with E-state index < -0.39 is 11.7 Å². The number of alkyl halides is 3. The maximum atomic E-state index is 12.7. The smallest absolute Gasteiger partial charge is 0.356 e. The fraction of sp³-hybridized carbons (Fsp3) is 0.478. The second kappa shape index (κ2) is 9.49. The highest BCUT2D eigenvalue weighted by Gasteiger charge is 2.31. The largest absolute Gasteiger partial charge is 0.417 e. The van der Waals surface area contributed by atoms with Crippen molar-refractivity contribution in [2.45, 2.75) is 57.7 Å². The fourth-order valence-electron chi connectivity index (χ4n) is 3.62. The van der Waals surface area contributed by atoms with E-state index >= 15 is 0 Å². The number of piperidine rings is 1. The van der Waals surface area contributed by atoms with E-state index in [2.05, 4.69) is 48.4 Å². The number of carbonyl (C=O) groups excluding carboxylic acids is 1. The minimum Gasteiger partial charge on any atom is -0.356 e. The van der Waals surface area contributed by atoms with Crippen molar-refractivity contribution in [1.82, 2.24) is 10.3 Å². The van der Waals surface area contributed by atoms with Gasteiger partial charge in [-0.3, -0.25) is 4.79 Å². The molecule has 2 heterocycles. The summed E-state index contributed by atoms with van der Waals surface area (Å²) >= 11 is 0. The minimum absolute atomic E-state index is 0.0361. The number of carbonyl (C=O) groups is 1. The first-order valence-electron chi connectivity index (χ1n) is 10.4. The summed E-state index contributed by atoms with van der Waals surface area (Å²) < 4.78 is 38.0. The molecule has 0 bridgehead atoms. The molecular weight excluding hydrogens is 391 g/mol. The number of hydrogen-bond donors (Lipinski definition) is 1. The van der Waals surface area contributed by atoms with Crippen molar-refractivity contribution < 1.29 is 18.0 Å². The van der Waals surface area contributed by atoms with Gasteiger partial charge in [0.2, 0.25) is 5.91 Å². The van der Waals surface area contributed by atoms with Gasteiger partial charge in [-0.1, -0.05) is 38.1 Å². The molecule has 1 aromatic heterocycles. The number of hydrogen-bond acceptors (Lipinski definition) is 3. The van der Waals surface area contributed by atoms with Gasteiger partial charge in [-0.05, 0) is 48.4 Å². The first-order valence-corrected chi connectivity index (χ1v) is 10.4. The van der Waals surface area contributed by atoms with Crippen molar-refractivity contribution in [3.05, 3.63) is 59.3 Å². The Morgan fingerprint density at radius 1 is 1.13 bits per heavy atom. The zero-order valence-electron chi connectivity index (χ0n) is 17.4. The molecule has 0 unspecified atom stereocenters. The molecule has 0 radical (unpaired) electrons. The summed E-state index contributed by atoms with van der Waals surface area (Å²) in [4.78, 5) is 18.2. The zero-order valence-corrected chi connectivity index (χ0v) is 17.4. The molecule has 0 saturated carbocycles. The van der Waals surface area contributed by atoms with Crippen molar-refractivity contribution >= 4 is 11.7 Å². The highest BCUT2D eigenvalue weighted by molar-refractivity contribution is 5.76. The van der Waals surface area contributed by atoms with E-state index in [4.69, 9.17) is 0 Å². The number of benzene rings is 1. The van der Waals surface area contributed by atoms with Crippen molar-refractivity contribution in [1.29, 1.82) is 0 Å². The molecule has 3 rings (SSSR count). The van der Waals surface area contributed by atoms with Gasteiger partial charge in [-0.15, -0.1) is 0 Å². The van der Waals surface area contributed by atoms with Gasteiger partial charge in [0.1, 0.15) is 5.82 Å². The third-order valence-electron chi connectivity index (χ3n) is 5.55. The Bertz CT molecular complexity index is 824. The van der Waals surface area contributed by atoms with Crippen LogP contribution in [0.3, 0.4) is 0 Å². The molecule has 1 aliphatic heterocycles. The maximum Gasteiger partial charge on any atom is 0.417 e. The zero-order chi connectivity index (χ0) is 21.7. The molecule has 7 heteroatoms. The van der Waals surface area contributed by atoms with Crippen LogP contribution in [0.5, 0.6) is 0 Å². The molecule has 1 saturated heterocycles. The van der Waals surface area contributed by atoms with Crippen LogP contribution in [-0.2, 0) is 17.4 Å². The summed E-state index contributed by atoms with van der Waals surface area (Å²) in [5, 5.41) is 3.08. The van der Waals surface area contributed by atoms with Gasteiger partial charge in [0.15, 0.2) is 0 Å². The molecular formula is C23H28F3N3O. The van der Waals surface area contributed by atoms with Gasteiger partial charge in [0.05, 0.1) is 5.56 Å². The van der Waals surface area contributed by atoms with E-state index in [-0.39, 0.29) is 11.9 Å². The summed E-state index contributed by atoms with van der Waals surface area (Å²) in [6.45, 7) is 5.61. The molecule has 1 amide bonds. The quantitative estimate of drug-likeness (QED) is 0.721. The number of halogens is 3. The van der Waals surface area contributed by atoms with Crippen molar-refractivity contribution in [3.63, 3.8) is 0 Å². The number of pyridine rings is 1. The average molecular weight is 419 g/mol. The Balaban J connectivity index is 1.42. The Kier molecular flexibility index (Phi) is 7.00. The number of aromatic nitrogens is 1. The van der Waals surface area contributed by atoms with E-state index in [1.165, 1.54) is 11.6 Å². The van der Waals surface area contributed by atoms with Crippen LogP contribution in [0.1, 0.15) is 55.7 Å². The Morgan fingerprint density at radius 3 is 2.33 bits per heavy atom. The molecule has 162 valence electrons. The first kappa shape index (κ1) is 22.1. The molecule has 0 aliphatic carbocycles. The predicted octanol–water partition coefficient (Wildman–Crippen LogP) is 4.94. The highest BCUT2D eigenvalue weighted by atomic mass is 19.4. The summed E-state index contributed by atoms with van der Waals surface area (Å²) in [6, 6.07) is 10.9. The molecule has 0 spiro atoms. The Hall–Kier alpha value is -2.57. The Labute approximate surface area is 175 Å². The predicted molar refractivity (Wildman–Crippen MR) is 111 cm³/mol. The lowest BCUT2D eigenvalue weighted by molar-refractivity contribution is -0.137. The van der Waals surface area contributed by atoms with Crippen LogP contribution in [0.25, 0.3) is 0 Å². The standard InChI is InChI=1S/C23H28F3N3O/c1-16(2)18-6-3-17(4-7-18)5-10-22(30)28-20-11-13-29(14-12-20)21-9-8-19(15-27-21)23(24,25)26/h3-4,6-9,15-16,20H,5,10-14H2,1-2H3,(H,28,30). The number of nitrogens with zero attached hydrogens (tertiary/aromatic N) is 2. The lowest BCUT2D eigenvalue weighted by Crippen LogP contribution is -2.45. The van der Waals surface area contributed by atoms with E-state index in [0.29, 0.717) is 37.7 Å². The van der Waals surface area contributed by atoms with Crippen molar-refractivity contribution in [3.8, 4) is 0 Å². The number of rotatable bonds is 6.